The Hall–Kier alpha value is -2.93. The largest absolute Gasteiger partial charge is 0.328 e. The van der Waals surface area contributed by atoms with Crippen LogP contribution in [0.25, 0.3) is 5.57 Å². The number of Topliss-reactive ketones (excluding diaryl/α,β-unsaturated/α-hetero) is 1. The van der Waals surface area contributed by atoms with E-state index in [0.717, 1.165) is 23.0 Å². The van der Waals surface area contributed by atoms with Crippen molar-refractivity contribution in [3.63, 3.8) is 0 Å². The smallest absolute Gasteiger partial charge is 0.229 e. The fraction of sp³-hybridized carbons (Fsp3) is 0.273. The highest BCUT2D eigenvalue weighted by Crippen LogP contribution is 2.35. The number of hydrogen-bond acceptors (Lipinski definition) is 4. The van der Waals surface area contributed by atoms with Crippen molar-refractivity contribution in [3.8, 4) is 0 Å². The summed E-state index contributed by atoms with van der Waals surface area (Å²) in [5.41, 5.74) is 4.36. The maximum absolute atomic E-state index is 12.7. The highest BCUT2D eigenvalue weighted by molar-refractivity contribution is 7.92. The first-order valence-electron chi connectivity index (χ1n) is 9.33. The normalized spacial score (nSPS) is 11.8. The molecule has 2 N–H and O–H groups in total. The molecule has 0 saturated carbocycles. The molecule has 0 atom stereocenters. The van der Waals surface area contributed by atoms with E-state index in [9.17, 15) is 18.0 Å². The molecule has 0 heterocycles. The molecule has 154 valence electrons. The topological polar surface area (TPSA) is 92.3 Å². The van der Waals surface area contributed by atoms with E-state index in [4.69, 9.17) is 0 Å². The van der Waals surface area contributed by atoms with Gasteiger partial charge in [0.15, 0.2) is 5.78 Å². The van der Waals surface area contributed by atoms with Crippen molar-refractivity contribution >= 4 is 39.2 Å². The first kappa shape index (κ1) is 22.4. The Morgan fingerprint density at radius 1 is 1.14 bits per heavy atom. The van der Waals surface area contributed by atoms with Gasteiger partial charge in [-0.2, -0.15) is 0 Å². The summed E-state index contributed by atoms with van der Waals surface area (Å²) < 4.78 is 25.9. The summed E-state index contributed by atoms with van der Waals surface area (Å²) in [6.07, 6.45) is 4.63. The molecule has 0 bridgehead atoms. The van der Waals surface area contributed by atoms with Crippen LogP contribution in [0.1, 0.15) is 53.7 Å². The summed E-state index contributed by atoms with van der Waals surface area (Å²) >= 11 is 0. The van der Waals surface area contributed by atoms with Gasteiger partial charge in [0.05, 0.1) is 11.9 Å². The molecule has 29 heavy (non-hydrogen) atoms. The number of allylic oxidation sites excluding steroid dienone is 1. The van der Waals surface area contributed by atoms with Gasteiger partial charge in [-0.05, 0) is 49.1 Å². The van der Waals surface area contributed by atoms with Crippen molar-refractivity contribution in [1.82, 2.24) is 0 Å². The van der Waals surface area contributed by atoms with Crippen LogP contribution < -0.4 is 10.0 Å². The minimum absolute atomic E-state index is 0.0157. The number of anilines is 2. The lowest BCUT2D eigenvalue weighted by atomic mass is 9.89. The average Bonchev–Trinajstić information content (AvgIpc) is 2.65. The Morgan fingerprint density at radius 3 is 2.45 bits per heavy atom. The van der Waals surface area contributed by atoms with E-state index in [0.29, 0.717) is 41.8 Å². The SMILES string of the molecule is C/C=C(/c1ccc(C)c(NS(C)(=O)=O)c1)c1c(NC=O)cccc1C(=O)CCC. The summed E-state index contributed by atoms with van der Waals surface area (Å²) in [5, 5.41) is 2.68. The Morgan fingerprint density at radius 2 is 1.86 bits per heavy atom. The van der Waals surface area contributed by atoms with Gasteiger partial charge in [0.25, 0.3) is 0 Å². The molecular formula is C22H26N2O4S. The minimum Gasteiger partial charge on any atom is -0.328 e. The molecule has 0 aliphatic heterocycles. The van der Waals surface area contributed by atoms with Crippen molar-refractivity contribution in [2.75, 3.05) is 16.3 Å². The summed E-state index contributed by atoms with van der Waals surface area (Å²) in [6.45, 7) is 5.58. The van der Waals surface area contributed by atoms with Gasteiger partial charge in [-0.25, -0.2) is 8.42 Å². The second-order valence-electron chi connectivity index (χ2n) is 6.77. The quantitative estimate of drug-likeness (QED) is 0.471. The minimum atomic E-state index is -3.44. The molecule has 1 amide bonds. The zero-order chi connectivity index (χ0) is 21.6. The van der Waals surface area contributed by atoms with Crippen LogP contribution in [0.15, 0.2) is 42.5 Å². The number of carbonyl (C=O) groups is 2. The Labute approximate surface area is 172 Å². The van der Waals surface area contributed by atoms with E-state index in [2.05, 4.69) is 10.0 Å². The number of carbonyl (C=O) groups excluding carboxylic acids is 2. The third-order valence-electron chi connectivity index (χ3n) is 4.46. The predicted molar refractivity (Wildman–Crippen MR) is 118 cm³/mol. The van der Waals surface area contributed by atoms with Crippen LogP contribution in [-0.2, 0) is 14.8 Å². The van der Waals surface area contributed by atoms with Crippen LogP contribution in [-0.4, -0.2) is 26.9 Å². The number of aryl methyl sites for hydroxylation is 1. The molecule has 2 aromatic rings. The molecule has 0 saturated heterocycles. The first-order valence-corrected chi connectivity index (χ1v) is 11.2. The lowest BCUT2D eigenvalue weighted by Crippen LogP contribution is -2.11. The van der Waals surface area contributed by atoms with Crippen molar-refractivity contribution in [2.45, 2.75) is 33.6 Å². The maximum atomic E-state index is 12.7. The van der Waals surface area contributed by atoms with Crippen LogP contribution in [0.2, 0.25) is 0 Å². The third kappa shape index (κ3) is 5.54. The summed E-state index contributed by atoms with van der Waals surface area (Å²) in [5.74, 6) is -0.0157. The van der Waals surface area contributed by atoms with Gasteiger partial charge >= 0.3 is 0 Å². The average molecular weight is 415 g/mol. The molecule has 0 radical (unpaired) electrons. The van der Waals surface area contributed by atoms with Crippen molar-refractivity contribution in [2.24, 2.45) is 0 Å². The van der Waals surface area contributed by atoms with Crippen molar-refractivity contribution in [3.05, 3.63) is 64.7 Å². The Kier molecular flexibility index (Phi) is 7.34. The molecular weight excluding hydrogens is 388 g/mol. The predicted octanol–water partition coefficient (Wildman–Crippen LogP) is 4.37. The van der Waals surface area contributed by atoms with E-state index in [1.807, 2.05) is 39.0 Å². The molecule has 0 aromatic heterocycles. The Balaban J connectivity index is 2.70. The molecule has 0 aliphatic carbocycles. The summed E-state index contributed by atoms with van der Waals surface area (Å²) in [4.78, 5) is 23.9. The number of hydrogen-bond donors (Lipinski definition) is 2. The van der Waals surface area contributed by atoms with Gasteiger partial charge in [0, 0.05) is 23.2 Å². The van der Waals surface area contributed by atoms with E-state index >= 15 is 0 Å². The van der Waals surface area contributed by atoms with E-state index in [1.165, 1.54) is 0 Å². The number of nitrogens with one attached hydrogen (secondary N) is 2. The lowest BCUT2D eigenvalue weighted by Gasteiger charge is -2.18. The van der Waals surface area contributed by atoms with Gasteiger partial charge < -0.3 is 5.32 Å². The van der Waals surface area contributed by atoms with Gasteiger partial charge in [-0.1, -0.05) is 37.3 Å². The first-order chi connectivity index (χ1) is 13.7. The van der Waals surface area contributed by atoms with Gasteiger partial charge in [0.2, 0.25) is 16.4 Å². The molecule has 7 heteroatoms. The number of amides is 1. The fourth-order valence-electron chi connectivity index (χ4n) is 3.17. The van der Waals surface area contributed by atoms with E-state index < -0.39 is 10.0 Å². The van der Waals surface area contributed by atoms with Gasteiger partial charge in [-0.15, -0.1) is 0 Å². The van der Waals surface area contributed by atoms with Crippen LogP contribution >= 0.6 is 0 Å². The zero-order valence-corrected chi connectivity index (χ0v) is 17.9. The van der Waals surface area contributed by atoms with Crippen LogP contribution in [0.5, 0.6) is 0 Å². The molecule has 0 spiro atoms. The van der Waals surface area contributed by atoms with Crippen LogP contribution in [0.3, 0.4) is 0 Å². The monoisotopic (exact) mass is 414 g/mol. The highest BCUT2D eigenvalue weighted by atomic mass is 32.2. The van der Waals surface area contributed by atoms with E-state index in [-0.39, 0.29) is 5.78 Å². The second-order valence-corrected chi connectivity index (χ2v) is 8.52. The van der Waals surface area contributed by atoms with Crippen LogP contribution in [0.4, 0.5) is 11.4 Å². The van der Waals surface area contributed by atoms with Crippen LogP contribution in [0, 0.1) is 6.92 Å². The zero-order valence-electron chi connectivity index (χ0n) is 17.1. The summed E-state index contributed by atoms with van der Waals surface area (Å²) in [6, 6.07) is 10.6. The lowest BCUT2D eigenvalue weighted by molar-refractivity contribution is -0.105. The summed E-state index contributed by atoms with van der Waals surface area (Å²) in [7, 11) is -3.44. The fourth-order valence-corrected chi connectivity index (χ4v) is 3.79. The molecule has 2 aromatic carbocycles. The molecule has 2 rings (SSSR count). The molecule has 0 aliphatic rings. The molecule has 0 fully saturated rings. The van der Waals surface area contributed by atoms with Gasteiger partial charge in [-0.3, -0.25) is 14.3 Å². The van der Waals surface area contributed by atoms with Gasteiger partial charge in [0.1, 0.15) is 0 Å². The second kappa shape index (κ2) is 9.52. The molecule has 0 unspecified atom stereocenters. The number of benzene rings is 2. The van der Waals surface area contributed by atoms with E-state index in [1.54, 1.807) is 24.3 Å². The van der Waals surface area contributed by atoms with Crippen molar-refractivity contribution < 1.29 is 18.0 Å². The number of rotatable bonds is 9. The Bertz CT molecular complexity index is 1060. The number of ketones is 1. The standard InChI is InChI=1S/C22H26N2O4S/c1-5-8-21(26)18-9-7-10-19(23-14-25)22(18)17(6-2)16-12-11-15(3)20(13-16)24-29(4,27)28/h6-7,9-14,24H,5,8H2,1-4H3,(H,23,25)/b17-6-. The number of sulfonamides is 1. The third-order valence-corrected chi connectivity index (χ3v) is 5.05. The highest BCUT2D eigenvalue weighted by Gasteiger charge is 2.19. The van der Waals surface area contributed by atoms with Crippen molar-refractivity contribution in [1.29, 1.82) is 0 Å². The maximum Gasteiger partial charge on any atom is 0.229 e. The molecule has 6 nitrogen and oxygen atoms in total.